The van der Waals surface area contributed by atoms with Crippen LogP contribution in [0.25, 0.3) is 10.9 Å². The fraction of sp³-hybridized carbons (Fsp3) is 0.182. The second-order valence-corrected chi connectivity index (χ2v) is 3.26. The molecular weight excluding hydrogens is 162 g/mol. The Bertz CT molecular complexity index is 468. The number of fused-ring (bicyclic) bond motifs is 1. The Labute approximate surface area is 76.6 Å². The van der Waals surface area contributed by atoms with Crippen LogP contribution in [0.15, 0.2) is 24.4 Å². The Morgan fingerprint density at radius 2 is 2.15 bits per heavy atom. The highest BCUT2D eigenvalue weighted by molar-refractivity contribution is 6.07. The summed E-state index contributed by atoms with van der Waals surface area (Å²) < 4.78 is 0. The minimum Gasteiger partial charge on any atom is -0.361 e. The quantitative estimate of drug-likeness (QED) is 0.661. The summed E-state index contributed by atoms with van der Waals surface area (Å²) in [7, 11) is 0. The third kappa shape index (κ3) is 1.15. The highest BCUT2D eigenvalue weighted by Gasteiger charge is 2.07. The van der Waals surface area contributed by atoms with Gasteiger partial charge in [-0.05, 0) is 25.5 Å². The van der Waals surface area contributed by atoms with E-state index in [1.165, 1.54) is 0 Å². The number of hydrogen-bond donors (Lipinski definition) is 1. The van der Waals surface area contributed by atoms with Crippen LogP contribution in [-0.4, -0.2) is 10.8 Å². The van der Waals surface area contributed by atoms with Gasteiger partial charge in [-0.15, -0.1) is 0 Å². The van der Waals surface area contributed by atoms with Crippen molar-refractivity contribution in [3.05, 3.63) is 35.5 Å². The van der Waals surface area contributed by atoms with Gasteiger partial charge in [0.05, 0.1) is 0 Å². The number of hydrogen-bond acceptors (Lipinski definition) is 1. The van der Waals surface area contributed by atoms with E-state index in [9.17, 15) is 4.79 Å². The molecule has 0 fully saturated rings. The molecule has 0 unspecified atom stereocenters. The molecule has 1 aromatic carbocycles. The van der Waals surface area contributed by atoms with Gasteiger partial charge in [0.25, 0.3) is 0 Å². The van der Waals surface area contributed by atoms with Crippen molar-refractivity contribution in [1.82, 2.24) is 4.98 Å². The van der Waals surface area contributed by atoms with Crippen LogP contribution in [-0.2, 0) is 0 Å². The number of aromatic amines is 1. The SMILES string of the molecule is CC(=O)c1cccc2[nH]cc(C)c12. The largest absolute Gasteiger partial charge is 0.361 e. The first-order chi connectivity index (χ1) is 6.20. The summed E-state index contributed by atoms with van der Waals surface area (Å²) in [5.41, 5.74) is 2.96. The third-order valence-electron chi connectivity index (χ3n) is 2.28. The standard InChI is InChI=1S/C11H11NO/c1-7-6-12-10-5-3-4-9(8(2)13)11(7)10/h3-6,12H,1-2H3. The van der Waals surface area contributed by atoms with Crippen LogP contribution in [0.2, 0.25) is 0 Å². The van der Waals surface area contributed by atoms with Crippen LogP contribution in [0.1, 0.15) is 22.8 Å². The smallest absolute Gasteiger partial charge is 0.160 e. The molecule has 66 valence electrons. The highest BCUT2D eigenvalue weighted by Crippen LogP contribution is 2.21. The molecule has 2 nitrogen and oxygen atoms in total. The third-order valence-corrected chi connectivity index (χ3v) is 2.28. The van der Waals surface area contributed by atoms with E-state index in [4.69, 9.17) is 0 Å². The van der Waals surface area contributed by atoms with Gasteiger partial charge < -0.3 is 4.98 Å². The van der Waals surface area contributed by atoms with E-state index in [1.54, 1.807) is 6.92 Å². The van der Waals surface area contributed by atoms with Gasteiger partial charge >= 0.3 is 0 Å². The molecule has 13 heavy (non-hydrogen) atoms. The molecule has 0 aliphatic heterocycles. The average molecular weight is 173 g/mol. The minimum atomic E-state index is 0.119. The molecule has 2 rings (SSSR count). The van der Waals surface area contributed by atoms with Gasteiger partial charge in [0.1, 0.15) is 0 Å². The first-order valence-electron chi connectivity index (χ1n) is 4.28. The number of benzene rings is 1. The number of nitrogens with one attached hydrogen (secondary N) is 1. The first-order valence-corrected chi connectivity index (χ1v) is 4.28. The number of carbonyl (C=O) groups is 1. The molecule has 0 radical (unpaired) electrons. The lowest BCUT2D eigenvalue weighted by molar-refractivity contribution is 0.101. The molecule has 0 aliphatic carbocycles. The summed E-state index contributed by atoms with van der Waals surface area (Å²) in [6.45, 7) is 3.60. The van der Waals surface area contributed by atoms with Crippen LogP contribution < -0.4 is 0 Å². The molecule has 0 aliphatic rings. The second-order valence-electron chi connectivity index (χ2n) is 3.26. The van der Waals surface area contributed by atoms with E-state index in [2.05, 4.69) is 4.98 Å². The molecule has 0 spiro atoms. The zero-order chi connectivity index (χ0) is 9.42. The number of H-pyrrole nitrogens is 1. The predicted molar refractivity (Wildman–Crippen MR) is 53.0 cm³/mol. The maximum Gasteiger partial charge on any atom is 0.160 e. The van der Waals surface area contributed by atoms with Crippen molar-refractivity contribution in [3.8, 4) is 0 Å². The van der Waals surface area contributed by atoms with E-state index in [-0.39, 0.29) is 5.78 Å². The Balaban J connectivity index is 2.88. The topological polar surface area (TPSA) is 32.9 Å². The Morgan fingerprint density at radius 1 is 1.38 bits per heavy atom. The van der Waals surface area contributed by atoms with Crippen molar-refractivity contribution in [1.29, 1.82) is 0 Å². The Hall–Kier alpha value is -1.57. The molecule has 0 saturated carbocycles. The average Bonchev–Trinajstić information content (AvgIpc) is 2.48. The number of ketones is 1. The molecule has 1 N–H and O–H groups in total. The van der Waals surface area contributed by atoms with Gasteiger partial charge in [-0.3, -0.25) is 4.79 Å². The van der Waals surface area contributed by atoms with Crippen LogP contribution >= 0.6 is 0 Å². The lowest BCUT2D eigenvalue weighted by Gasteiger charge is -1.98. The van der Waals surface area contributed by atoms with E-state index >= 15 is 0 Å². The maximum atomic E-state index is 11.3. The van der Waals surface area contributed by atoms with Gasteiger partial charge in [0.2, 0.25) is 0 Å². The second kappa shape index (κ2) is 2.73. The van der Waals surface area contributed by atoms with E-state index in [1.807, 2.05) is 31.3 Å². The van der Waals surface area contributed by atoms with Gasteiger partial charge in [0, 0.05) is 22.7 Å². The molecule has 0 saturated heterocycles. The number of aryl methyl sites for hydroxylation is 1. The summed E-state index contributed by atoms with van der Waals surface area (Å²) in [6.07, 6.45) is 1.93. The zero-order valence-corrected chi connectivity index (χ0v) is 7.72. The molecule has 0 amide bonds. The summed E-state index contributed by atoms with van der Waals surface area (Å²) in [4.78, 5) is 14.4. The zero-order valence-electron chi connectivity index (χ0n) is 7.72. The van der Waals surface area contributed by atoms with E-state index in [0.717, 1.165) is 22.0 Å². The normalized spacial score (nSPS) is 10.6. The van der Waals surface area contributed by atoms with Crippen molar-refractivity contribution in [3.63, 3.8) is 0 Å². The summed E-state index contributed by atoms with van der Waals surface area (Å²) >= 11 is 0. The van der Waals surface area contributed by atoms with Crippen LogP contribution in [0.4, 0.5) is 0 Å². The molecule has 0 bridgehead atoms. The summed E-state index contributed by atoms with van der Waals surface area (Å²) in [5.74, 6) is 0.119. The van der Waals surface area contributed by atoms with Crippen molar-refractivity contribution in [2.75, 3.05) is 0 Å². The highest BCUT2D eigenvalue weighted by atomic mass is 16.1. The number of carbonyl (C=O) groups excluding carboxylic acids is 1. The van der Waals surface area contributed by atoms with Crippen LogP contribution in [0, 0.1) is 6.92 Å². The number of aromatic nitrogens is 1. The monoisotopic (exact) mass is 173 g/mol. The molecule has 2 heteroatoms. The number of Topliss-reactive ketones (excluding diaryl/α,β-unsaturated/α-hetero) is 1. The fourth-order valence-electron chi connectivity index (χ4n) is 1.65. The predicted octanol–water partition coefficient (Wildman–Crippen LogP) is 2.68. The fourth-order valence-corrected chi connectivity index (χ4v) is 1.65. The lowest BCUT2D eigenvalue weighted by atomic mass is 10.0. The molecule has 0 atom stereocenters. The van der Waals surface area contributed by atoms with Crippen molar-refractivity contribution >= 4 is 16.7 Å². The molecule has 1 heterocycles. The van der Waals surface area contributed by atoms with Crippen molar-refractivity contribution < 1.29 is 4.79 Å². The Kier molecular flexibility index (Phi) is 1.69. The van der Waals surface area contributed by atoms with E-state index in [0.29, 0.717) is 0 Å². The molecule has 1 aromatic heterocycles. The van der Waals surface area contributed by atoms with Gasteiger partial charge in [-0.1, -0.05) is 12.1 Å². The molecule has 2 aromatic rings. The summed E-state index contributed by atoms with van der Waals surface area (Å²) in [6, 6.07) is 5.75. The lowest BCUT2D eigenvalue weighted by Crippen LogP contribution is -1.92. The van der Waals surface area contributed by atoms with E-state index < -0.39 is 0 Å². The Morgan fingerprint density at radius 3 is 2.85 bits per heavy atom. The maximum absolute atomic E-state index is 11.3. The van der Waals surface area contributed by atoms with Crippen molar-refractivity contribution in [2.45, 2.75) is 13.8 Å². The minimum absolute atomic E-state index is 0.119. The van der Waals surface area contributed by atoms with Crippen LogP contribution in [0.5, 0.6) is 0 Å². The first kappa shape index (κ1) is 8.05. The van der Waals surface area contributed by atoms with Crippen molar-refractivity contribution in [2.24, 2.45) is 0 Å². The van der Waals surface area contributed by atoms with Crippen LogP contribution in [0.3, 0.4) is 0 Å². The molecular formula is C11H11NO. The van der Waals surface area contributed by atoms with Gasteiger partial charge in [-0.25, -0.2) is 0 Å². The number of rotatable bonds is 1. The van der Waals surface area contributed by atoms with Gasteiger partial charge in [0.15, 0.2) is 5.78 Å². The summed E-state index contributed by atoms with van der Waals surface area (Å²) in [5, 5.41) is 1.05. The van der Waals surface area contributed by atoms with Gasteiger partial charge in [-0.2, -0.15) is 0 Å².